The van der Waals surface area contributed by atoms with Gasteiger partial charge in [-0.1, -0.05) is 51.2 Å². The number of hydrogen-bond acceptors (Lipinski definition) is 5. The molecule has 0 saturated carbocycles. The minimum absolute atomic E-state index is 0.0410. The zero-order valence-corrected chi connectivity index (χ0v) is 14.8. The molecule has 1 aromatic heterocycles. The van der Waals surface area contributed by atoms with Gasteiger partial charge < -0.3 is 4.74 Å². The Balaban J connectivity index is 1.85. The van der Waals surface area contributed by atoms with E-state index in [0.29, 0.717) is 22.7 Å². The number of carbonyl (C=O) groups is 1. The first kappa shape index (κ1) is 17.4. The van der Waals surface area contributed by atoms with Gasteiger partial charge in [-0.15, -0.1) is 10.2 Å². The standard InChI is InChI=1S/C17H23N3O2S/c1-11(2)8-16-19-20-17(23-16)18-15(21)10-22-14-7-5-6-13(9-14)12(3)4/h5-7,9,11-12H,8,10H2,1-4H3,(H,18,20,21). The van der Waals surface area contributed by atoms with Crippen LogP contribution in [0, 0.1) is 5.92 Å². The van der Waals surface area contributed by atoms with Crippen molar-refractivity contribution in [2.75, 3.05) is 11.9 Å². The Morgan fingerprint density at radius 2 is 2.04 bits per heavy atom. The molecule has 1 heterocycles. The van der Waals surface area contributed by atoms with Gasteiger partial charge in [0.15, 0.2) is 6.61 Å². The van der Waals surface area contributed by atoms with Crippen molar-refractivity contribution in [3.05, 3.63) is 34.8 Å². The van der Waals surface area contributed by atoms with E-state index in [9.17, 15) is 4.79 Å². The molecule has 0 saturated heterocycles. The lowest BCUT2D eigenvalue weighted by Gasteiger charge is -2.09. The summed E-state index contributed by atoms with van der Waals surface area (Å²) in [5.74, 6) is 1.41. The fraction of sp³-hybridized carbons (Fsp3) is 0.471. The van der Waals surface area contributed by atoms with Crippen LogP contribution in [0.1, 0.15) is 44.2 Å². The van der Waals surface area contributed by atoms with Crippen molar-refractivity contribution in [2.45, 2.75) is 40.0 Å². The first-order valence-electron chi connectivity index (χ1n) is 7.79. The molecule has 124 valence electrons. The highest BCUT2D eigenvalue weighted by Crippen LogP contribution is 2.21. The van der Waals surface area contributed by atoms with Crippen LogP contribution < -0.4 is 10.1 Å². The predicted octanol–water partition coefficient (Wildman–Crippen LogP) is 3.88. The Morgan fingerprint density at radius 1 is 1.26 bits per heavy atom. The van der Waals surface area contributed by atoms with Gasteiger partial charge in [0.25, 0.3) is 5.91 Å². The fourth-order valence-corrected chi connectivity index (χ4v) is 2.97. The van der Waals surface area contributed by atoms with E-state index in [-0.39, 0.29) is 12.5 Å². The summed E-state index contributed by atoms with van der Waals surface area (Å²) in [6, 6.07) is 7.80. The first-order valence-corrected chi connectivity index (χ1v) is 8.60. The van der Waals surface area contributed by atoms with Gasteiger partial charge in [-0.25, -0.2) is 0 Å². The van der Waals surface area contributed by atoms with E-state index in [4.69, 9.17) is 4.74 Å². The molecule has 0 fully saturated rings. The number of hydrogen-bond donors (Lipinski definition) is 1. The average molecular weight is 333 g/mol. The predicted molar refractivity (Wildman–Crippen MR) is 93.1 cm³/mol. The summed E-state index contributed by atoms with van der Waals surface area (Å²) in [6.45, 7) is 8.45. The molecule has 1 aromatic carbocycles. The minimum Gasteiger partial charge on any atom is -0.484 e. The Morgan fingerprint density at radius 3 is 2.74 bits per heavy atom. The molecule has 0 aliphatic heterocycles. The molecule has 1 amide bonds. The lowest BCUT2D eigenvalue weighted by atomic mass is 10.0. The second kappa shape index (κ2) is 8.06. The first-order chi connectivity index (χ1) is 10.9. The quantitative estimate of drug-likeness (QED) is 0.835. The molecule has 5 nitrogen and oxygen atoms in total. The van der Waals surface area contributed by atoms with Crippen molar-refractivity contribution in [3.8, 4) is 5.75 Å². The van der Waals surface area contributed by atoms with E-state index in [1.165, 1.54) is 16.9 Å². The van der Waals surface area contributed by atoms with Crippen molar-refractivity contribution in [3.63, 3.8) is 0 Å². The van der Waals surface area contributed by atoms with Gasteiger partial charge in [-0.3, -0.25) is 10.1 Å². The van der Waals surface area contributed by atoms with Crippen LogP contribution in [0.15, 0.2) is 24.3 Å². The molecule has 0 radical (unpaired) electrons. The molecule has 2 aromatic rings. The fourth-order valence-electron chi connectivity index (χ4n) is 2.00. The number of anilines is 1. The highest BCUT2D eigenvalue weighted by atomic mass is 32.1. The smallest absolute Gasteiger partial charge is 0.264 e. The molecule has 0 aliphatic rings. The van der Waals surface area contributed by atoms with Gasteiger partial charge in [-0.05, 0) is 29.5 Å². The largest absolute Gasteiger partial charge is 0.484 e. The van der Waals surface area contributed by atoms with Crippen LogP contribution in [0.4, 0.5) is 5.13 Å². The van der Waals surface area contributed by atoms with E-state index in [2.05, 4.69) is 49.3 Å². The molecule has 23 heavy (non-hydrogen) atoms. The SMILES string of the molecule is CC(C)Cc1nnc(NC(=O)COc2cccc(C(C)C)c2)s1. The van der Waals surface area contributed by atoms with Crippen LogP contribution in [0.5, 0.6) is 5.75 Å². The number of amides is 1. The molecule has 6 heteroatoms. The number of aromatic nitrogens is 2. The van der Waals surface area contributed by atoms with Gasteiger partial charge in [0.05, 0.1) is 0 Å². The third kappa shape index (κ3) is 5.63. The van der Waals surface area contributed by atoms with Crippen molar-refractivity contribution in [2.24, 2.45) is 5.92 Å². The topological polar surface area (TPSA) is 64.1 Å². The number of ether oxygens (including phenoxy) is 1. The lowest BCUT2D eigenvalue weighted by Crippen LogP contribution is -2.20. The number of nitrogens with zero attached hydrogens (tertiary/aromatic N) is 2. The van der Waals surface area contributed by atoms with E-state index in [1.807, 2.05) is 18.2 Å². The summed E-state index contributed by atoms with van der Waals surface area (Å²) in [4.78, 5) is 11.9. The van der Waals surface area contributed by atoms with Crippen LogP contribution in [-0.4, -0.2) is 22.7 Å². The van der Waals surface area contributed by atoms with E-state index < -0.39 is 0 Å². The second-order valence-corrected chi connectivity index (χ2v) is 7.23. The average Bonchev–Trinajstić information content (AvgIpc) is 2.91. The van der Waals surface area contributed by atoms with Crippen molar-refractivity contribution >= 4 is 22.4 Å². The maximum absolute atomic E-state index is 11.9. The summed E-state index contributed by atoms with van der Waals surface area (Å²) >= 11 is 1.41. The number of nitrogens with one attached hydrogen (secondary N) is 1. The van der Waals surface area contributed by atoms with Crippen LogP contribution in [0.3, 0.4) is 0 Å². The summed E-state index contributed by atoms with van der Waals surface area (Å²) in [5.41, 5.74) is 1.19. The molecule has 0 spiro atoms. The number of carbonyl (C=O) groups excluding carboxylic acids is 1. The summed E-state index contributed by atoms with van der Waals surface area (Å²) < 4.78 is 5.55. The zero-order chi connectivity index (χ0) is 16.8. The molecule has 2 rings (SSSR count). The molecule has 1 N–H and O–H groups in total. The highest BCUT2D eigenvalue weighted by molar-refractivity contribution is 7.15. The maximum atomic E-state index is 11.9. The summed E-state index contributed by atoms with van der Waals surface area (Å²) in [5, 5.41) is 12.2. The van der Waals surface area contributed by atoms with E-state index in [0.717, 1.165) is 11.4 Å². The molecule has 0 atom stereocenters. The van der Waals surface area contributed by atoms with Crippen LogP contribution >= 0.6 is 11.3 Å². The Bertz CT molecular complexity index is 653. The van der Waals surface area contributed by atoms with Gasteiger partial charge >= 0.3 is 0 Å². The second-order valence-electron chi connectivity index (χ2n) is 6.16. The lowest BCUT2D eigenvalue weighted by molar-refractivity contribution is -0.118. The normalized spacial score (nSPS) is 11.0. The third-order valence-corrected chi connectivity index (χ3v) is 4.05. The van der Waals surface area contributed by atoms with Crippen LogP contribution in [-0.2, 0) is 11.2 Å². The van der Waals surface area contributed by atoms with E-state index in [1.54, 1.807) is 0 Å². The summed E-state index contributed by atoms with van der Waals surface area (Å²) in [7, 11) is 0. The van der Waals surface area contributed by atoms with Crippen molar-refractivity contribution < 1.29 is 9.53 Å². The molecular weight excluding hydrogens is 310 g/mol. The van der Waals surface area contributed by atoms with Gasteiger partial charge in [0.1, 0.15) is 10.8 Å². The minimum atomic E-state index is -0.229. The van der Waals surface area contributed by atoms with Crippen LogP contribution in [0.25, 0.3) is 0 Å². The molecular formula is C17H23N3O2S. The van der Waals surface area contributed by atoms with Gasteiger partial charge in [0.2, 0.25) is 5.13 Å². The Hall–Kier alpha value is -1.95. The number of benzene rings is 1. The van der Waals surface area contributed by atoms with Crippen molar-refractivity contribution in [1.82, 2.24) is 10.2 Å². The highest BCUT2D eigenvalue weighted by Gasteiger charge is 2.10. The van der Waals surface area contributed by atoms with Crippen LogP contribution in [0.2, 0.25) is 0 Å². The maximum Gasteiger partial charge on any atom is 0.264 e. The zero-order valence-electron chi connectivity index (χ0n) is 14.0. The van der Waals surface area contributed by atoms with Gasteiger partial charge in [-0.2, -0.15) is 0 Å². The molecule has 0 aliphatic carbocycles. The van der Waals surface area contributed by atoms with Crippen molar-refractivity contribution in [1.29, 1.82) is 0 Å². The number of rotatable bonds is 7. The molecule has 0 unspecified atom stereocenters. The van der Waals surface area contributed by atoms with Gasteiger partial charge in [0, 0.05) is 6.42 Å². The van der Waals surface area contributed by atoms with E-state index >= 15 is 0 Å². The summed E-state index contributed by atoms with van der Waals surface area (Å²) in [6.07, 6.45) is 0.867. The molecule has 0 bridgehead atoms. The Kier molecular flexibility index (Phi) is 6.10. The third-order valence-electron chi connectivity index (χ3n) is 3.19. The Labute approximate surface area is 141 Å². The monoisotopic (exact) mass is 333 g/mol.